The summed E-state index contributed by atoms with van der Waals surface area (Å²) in [4.78, 5) is 18.8. The maximum atomic E-state index is 10.0. The molecule has 6 rings (SSSR count). The third kappa shape index (κ3) is 5.58. The van der Waals surface area contributed by atoms with E-state index in [1.807, 2.05) is 6.20 Å². The van der Waals surface area contributed by atoms with Crippen molar-refractivity contribution in [1.29, 1.82) is 0 Å². The van der Waals surface area contributed by atoms with Crippen LogP contribution in [-0.4, -0.2) is 50.8 Å². The van der Waals surface area contributed by atoms with Crippen LogP contribution in [0.5, 0.6) is 0 Å². The number of aliphatic hydroxyl groups is 1. The Hall–Kier alpha value is -1.93. The van der Waals surface area contributed by atoms with E-state index in [0.717, 1.165) is 11.3 Å². The molecule has 1 radical (unpaired) electrons. The summed E-state index contributed by atoms with van der Waals surface area (Å²) in [5, 5.41) is 13.0. The summed E-state index contributed by atoms with van der Waals surface area (Å²) in [5.74, 6) is -0.0625. The molecule has 1 N–H and O–H groups in total. The monoisotopic (exact) mass is 788 g/mol. The average molecular weight is 786 g/mol. The SMILES string of the molecule is CC(=O)/C=C(/C)O.[Ir].[c-]1c(-c2cnccn2)cc2c3c1[Se]c1ccccc1P3c1ccccc1[Se]2. The number of carbonyl (C=O) groups excluding carboxylic acids is 1. The molecule has 0 fully saturated rings. The fraction of sp³-hybridized carbons (Fsp3) is 0.0741. The van der Waals surface area contributed by atoms with E-state index in [4.69, 9.17) is 5.11 Å². The Morgan fingerprint density at radius 3 is 2.20 bits per heavy atom. The molecule has 0 aliphatic carbocycles. The van der Waals surface area contributed by atoms with Crippen molar-refractivity contribution in [3.8, 4) is 11.3 Å². The van der Waals surface area contributed by atoms with Gasteiger partial charge < -0.3 is 5.11 Å². The molecule has 0 amide bonds. The van der Waals surface area contributed by atoms with Crippen LogP contribution in [0.15, 0.2) is 85.0 Å². The van der Waals surface area contributed by atoms with Crippen LogP contribution in [0.2, 0.25) is 0 Å². The van der Waals surface area contributed by atoms with E-state index in [1.54, 1.807) is 28.3 Å². The Bertz CT molecular complexity index is 1360. The molecule has 0 saturated heterocycles. The number of aromatic nitrogens is 2. The Labute approximate surface area is 232 Å². The van der Waals surface area contributed by atoms with Gasteiger partial charge in [0.2, 0.25) is 0 Å². The third-order valence-electron chi connectivity index (χ3n) is 5.09. The fourth-order valence-electron chi connectivity index (χ4n) is 3.82. The molecular weight excluding hydrogens is 765 g/mol. The summed E-state index contributed by atoms with van der Waals surface area (Å²) in [6.07, 6.45) is 6.51. The second kappa shape index (κ2) is 11.4. The van der Waals surface area contributed by atoms with Gasteiger partial charge in [-0.3, -0.25) is 4.79 Å². The van der Waals surface area contributed by atoms with Crippen molar-refractivity contribution in [1.82, 2.24) is 9.97 Å². The zero-order valence-corrected chi connectivity index (χ0v) is 25.6. The van der Waals surface area contributed by atoms with Crippen molar-refractivity contribution < 1.29 is 30.0 Å². The van der Waals surface area contributed by atoms with E-state index >= 15 is 0 Å². The van der Waals surface area contributed by atoms with Gasteiger partial charge in [-0.2, -0.15) is 0 Å². The minimum absolute atomic E-state index is 0. The Morgan fingerprint density at radius 2 is 1.63 bits per heavy atom. The first-order valence-corrected chi connectivity index (χ1v) is 15.4. The molecule has 35 heavy (non-hydrogen) atoms. The number of benzene rings is 3. The number of rotatable bonds is 2. The van der Waals surface area contributed by atoms with Gasteiger partial charge in [0.15, 0.2) is 5.78 Å². The quantitative estimate of drug-likeness (QED) is 0.0924. The van der Waals surface area contributed by atoms with Crippen LogP contribution in [0.3, 0.4) is 0 Å². The van der Waals surface area contributed by atoms with Gasteiger partial charge in [-0.25, -0.2) is 0 Å². The number of carbonyl (C=O) groups is 1. The summed E-state index contributed by atoms with van der Waals surface area (Å²) in [5.41, 5.74) is 2.01. The van der Waals surface area contributed by atoms with Gasteiger partial charge in [0, 0.05) is 26.2 Å². The third-order valence-corrected chi connectivity index (χ3v) is 13.7. The molecule has 4 nitrogen and oxygen atoms in total. The van der Waals surface area contributed by atoms with Crippen molar-refractivity contribution in [3.05, 3.63) is 91.1 Å². The average Bonchev–Trinajstić information content (AvgIpc) is 2.83. The zero-order valence-electron chi connectivity index (χ0n) is 18.9. The fourth-order valence-corrected chi connectivity index (χ4v) is 13.6. The normalized spacial score (nSPS) is 14.8. The van der Waals surface area contributed by atoms with E-state index < -0.39 is 7.92 Å². The first kappa shape index (κ1) is 26.1. The molecule has 0 bridgehead atoms. The molecule has 2 aliphatic rings. The Kier molecular flexibility index (Phi) is 8.53. The molecule has 1 unspecified atom stereocenters. The van der Waals surface area contributed by atoms with Crippen LogP contribution in [0.1, 0.15) is 13.8 Å². The topological polar surface area (TPSA) is 63.1 Å². The van der Waals surface area contributed by atoms with E-state index in [-0.39, 0.29) is 31.6 Å². The number of ketones is 1. The first-order valence-electron chi connectivity index (χ1n) is 10.6. The van der Waals surface area contributed by atoms with E-state index in [9.17, 15) is 4.79 Å². The minimum atomic E-state index is -0.468. The molecule has 4 aromatic rings. The number of hydrogen-bond donors (Lipinski definition) is 1. The van der Waals surface area contributed by atoms with Crippen molar-refractivity contribution in [3.63, 3.8) is 0 Å². The summed E-state index contributed by atoms with van der Waals surface area (Å²) < 4.78 is 5.96. The predicted molar refractivity (Wildman–Crippen MR) is 142 cm³/mol. The van der Waals surface area contributed by atoms with Gasteiger partial charge in [-0.15, -0.1) is 0 Å². The number of allylic oxidation sites excluding steroid dienone is 2. The van der Waals surface area contributed by atoms with Crippen molar-refractivity contribution in [2.45, 2.75) is 13.8 Å². The van der Waals surface area contributed by atoms with Crippen LogP contribution in [0, 0.1) is 6.07 Å². The maximum absolute atomic E-state index is 10.0. The van der Waals surface area contributed by atoms with E-state index in [2.05, 4.69) is 70.6 Å². The standard InChI is InChI=1S/C22H12N2PSe2.C5H8O2.Ir/c1-3-7-18-16(5-1)25-17-6-2-4-8-19(17)27-21-12-14(11-20(26-18)22(21)25)15-13-23-9-10-24-15;1-4(6)3-5(2)7;/h1-11,13H;3,6H,1-2H3;/q-1;;/b;4-3-;. The van der Waals surface area contributed by atoms with Gasteiger partial charge >= 0.3 is 172 Å². The van der Waals surface area contributed by atoms with Crippen LogP contribution in [0.4, 0.5) is 0 Å². The molecule has 8 heteroatoms. The molecule has 0 spiro atoms. The molecule has 177 valence electrons. The first-order chi connectivity index (χ1) is 16.5. The van der Waals surface area contributed by atoms with Gasteiger partial charge in [-0.1, -0.05) is 0 Å². The second-order valence-electron chi connectivity index (χ2n) is 7.69. The number of fused-ring (bicyclic) bond motifs is 4. The van der Waals surface area contributed by atoms with E-state index in [0.29, 0.717) is 29.9 Å². The summed E-state index contributed by atoms with van der Waals surface area (Å²) in [7, 11) is -0.468. The van der Waals surface area contributed by atoms with Gasteiger partial charge in [-0.05, 0) is 13.8 Å². The number of hydrogen-bond acceptors (Lipinski definition) is 4. The van der Waals surface area contributed by atoms with Gasteiger partial charge in [0.25, 0.3) is 0 Å². The van der Waals surface area contributed by atoms with Gasteiger partial charge in [0.05, 0.1) is 5.76 Å². The summed E-state index contributed by atoms with van der Waals surface area (Å²) >= 11 is 0.619. The summed E-state index contributed by atoms with van der Waals surface area (Å²) in [6.45, 7) is 2.85. The molecule has 1 atom stereocenters. The molecule has 2 aliphatic heterocycles. The molecule has 1 aromatic heterocycles. The van der Waals surface area contributed by atoms with Crippen LogP contribution < -0.4 is 33.8 Å². The van der Waals surface area contributed by atoms with Crippen LogP contribution in [-0.2, 0) is 24.9 Å². The van der Waals surface area contributed by atoms with Crippen LogP contribution in [0.25, 0.3) is 11.3 Å². The Balaban J connectivity index is 0.000000320. The molecule has 0 saturated carbocycles. The zero-order chi connectivity index (χ0) is 23.7. The van der Waals surface area contributed by atoms with Crippen molar-refractivity contribution >= 4 is 77.4 Å². The second-order valence-corrected chi connectivity index (χ2v) is 14.3. The van der Waals surface area contributed by atoms with Gasteiger partial charge in [0.1, 0.15) is 0 Å². The van der Waals surface area contributed by atoms with Crippen molar-refractivity contribution in [2.75, 3.05) is 0 Å². The van der Waals surface area contributed by atoms with Crippen LogP contribution >= 0.6 is 7.92 Å². The number of aliphatic hydroxyl groups excluding tert-OH is 1. The predicted octanol–water partition coefficient (Wildman–Crippen LogP) is 0.673. The summed E-state index contributed by atoms with van der Waals surface area (Å²) in [6, 6.07) is 24.2. The van der Waals surface area contributed by atoms with E-state index in [1.165, 1.54) is 37.8 Å². The molecule has 3 aromatic carbocycles. The molecule has 3 heterocycles. The molecular formula is C27H20IrN2O2PSe2-. The Morgan fingerprint density at radius 1 is 0.971 bits per heavy atom. The van der Waals surface area contributed by atoms with Crippen molar-refractivity contribution in [2.24, 2.45) is 0 Å². The number of nitrogens with zero attached hydrogens (tertiary/aromatic N) is 2.